The van der Waals surface area contributed by atoms with Gasteiger partial charge in [0, 0.05) is 27.8 Å². The van der Waals surface area contributed by atoms with Crippen LogP contribution in [0.4, 0.5) is 18.9 Å². The normalized spacial score (nSPS) is 11.8. The molecule has 3 N–H and O–H groups in total. The third kappa shape index (κ3) is 4.87. The van der Waals surface area contributed by atoms with Gasteiger partial charge in [-0.25, -0.2) is 4.98 Å². The highest BCUT2D eigenvalue weighted by molar-refractivity contribution is 7.21. The monoisotopic (exact) mass is 623 g/mol. The number of aryl methyl sites for hydroxylation is 1. The van der Waals surface area contributed by atoms with Crippen LogP contribution in [-0.4, -0.2) is 21.1 Å². The van der Waals surface area contributed by atoms with E-state index in [1.807, 2.05) is 61.5 Å². The maximum atomic E-state index is 14.0. The van der Waals surface area contributed by atoms with Gasteiger partial charge in [0.15, 0.2) is 0 Å². The van der Waals surface area contributed by atoms with E-state index in [1.165, 1.54) is 16.8 Å². The summed E-state index contributed by atoms with van der Waals surface area (Å²) in [4.78, 5) is 19.4. The molecule has 0 bridgehead atoms. The van der Waals surface area contributed by atoms with Crippen LogP contribution in [0.15, 0.2) is 102 Å². The quantitative estimate of drug-likeness (QED) is 0.149. The topological polar surface area (TPSA) is 106 Å². The second-order valence-corrected chi connectivity index (χ2v) is 11.5. The van der Waals surface area contributed by atoms with Gasteiger partial charge in [0.25, 0.3) is 5.78 Å². The average molecular weight is 624 g/mol. The molecule has 7 aromatic rings. The van der Waals surface area contributed by atoms with Crippen LogP contribution in [0.5, 0.6) is 5.95 Å². The summed E-state index contributed by atoms with van der Waals surface area (Å²) in [5.74, 6) is -1.34. The van der Waals surface area contributed by atoms with Crippen molar-refractivity contribution in [3.05, 3.63) is 119 Å². The Balaban J connectivity index is 1.45. The Morgan fingerprint density at radius 3 is 2.38 bits per heavy atom. The van der Waals surface area contributed by atoms with Crippen molar-refractivity contribution >= 4 is 43.8 Å². The molecule has 0 atom stereocenters. The maximum absolute atomic E-state index is 14.0. The molecule has 0 fully saturated rings. The van der Waals surface area contributed by atoms with Gasteiger partial charge < -0.3 is 10.8 Å². The number of benzene rings is 4. The van der Waals surface area contributed by atoms with E-state index in [9.17, 15) is 23.1 Å². The number of carbonyl (C=O) groups excluding carboxylic acids is 1. The molecule has 3 heterocycles. The van der Waals surface area contributed by atoms with Gasteiger partial charge >= 0.3 is 17.8 Å². The molecule has 0 aliphatic heterocycles. The number of alkyl halides is 3. The lowest BCUT2D eigenvalue weighted by molar-refractivity contribution is -0.672. The number of aromatic hydroxyl groups is 1. The largest absolute Gasteiger partial charge is 0.474 e. The molecule has 4 aromatic carbocycles. The first-order valence-corrected chi connectivity index (χ1v) is 14.5. The lowest BCUT2D eigenvalue weighted by Gasteiger charge is -2.12. The molecule has 7 rings (SSSR count). The van der Waals surface area contributed by atoms with E-state index in [0.717, 1.165) is 45.4 Å². The minimum absolute atomic E-state index is 0.0695. The highest BCUT2D eigenvalue weighted by Crippen LogP contribution is 2.43. The van der Waals surface area contributed by atoms with Gasteiger partial charge in [-0.3, -0.25) is 9.32 Å². The molecule has 0 radical (unpaired) electrons. The molecule has 0 amide bonds. The molecule has 0 aliphatic carbocycles. The number of hydrogen-bond acceptors (Lipinski definition) is 7. The van der Waals surface area contributed by atoms with Gasteiger partial charge in [0.05, 0.1) is 16.9 Å². The molecular formula is C34H22F3N4O3S+. The Morgan fingerprint density at radius 1 is 0.933 bits per heavy atom. The van der Waals surface area contributed by atoms with Crippen molar-refractivity contribution in [2.45, 2.75) is 13.1 Å². The summed E-state index contributed by atoms with van der Waals surface area (Å²) >= 11 is 1.02. The smallest absolute Gasteiger partial charge is 0.416 e. The van der Waals surface area contributed by atoms with E-state index in [1.54, 1.807) is 18.2 Å². The van der Waals surface area contributed by atoms with Crippen LogP contribution in [-0.2, 0) is 6.18 Å². The second-order valence-electron chi connectivity index (χ2n) is 10.5. The Morgan fingerprint density at radius 2 is 1.64 bits per heavy atom. The molecule has 45 heavy (non-hydrogen) atoms. The number of carbonyl (C=O) groups is 1. The van der Waals surface area contributed by atoms with Gasteiger partial charge in [-0.05, 0) is 47.0 Å². The summed E-state index contributed by atoms with van der Waals surface area (Å²) in [6, 6.07) is 27.2. The van der Waals surface area contributed by atoms with E-state index in [4.69, 9.17) is 15.2 Å². The predicted molar refractivity (Wildman–Crippen MR) is 165 cm³/mol. The summed E-state index contributed by atoms with van der Waals surface area (Å²) < 4.78 is 46.4. The first-order valence-electron chi connectivity index (χ1n) is 13.7. The first kappa shape index (κ1) is 28.2. The second kappa shape index (κ2) is 10.6. The van der Waals surface area contributed by atoms with Crippen LogP contribution in [0.3, 0.4) is 0 Å². The molecular weight excluding hydrogens is 601 g/mol. The molecule has 7 nitrogen and oxygen atoms in total. The van der Waals surface area contributed by atoms with Crippen LogP contribution in [0.1, 0.15) is 26.5 Å². The van der Waals surface area contributed by atoms with Gasteiger partial charge in [0.2, 0.25) is 11.0 Å². The number of aromatic nitrogens is 3. The number of anilines is 1. The highest BCUT2D eigenvalue weighted by Gasteiger charge is 2.37. The zero-order chi connectivity index (χ0) is 31.5. The van der Waals surface area contributed by atoms with E-state index in [0.29, 0.717) is 32.7 Å². The van der Waals surface area contributed by atoms with Crippen molar-refractivity contribution in [3.8, 4) is 34.0 Å². The molecule has 0 spiro atoms. The Hall–Kier alpha value is -5.55. The number of ketones is 1. The molecule has 0 saturated carbocycles. The molecule has 3 aromatic heterocycles. The van der Waals surface area contributed by atoms with E-state index in [-0.39, 0.29) is 16.3 Å². The van der Waals surface area contributed by atoms with Crippen molar-refractivity contribution in [1.29, 1.82) is 0 Å². The number of halogens is 3. The molecule has 222 valence electrons. The summed E-state index contributed by atoms with van der Waals surface area (Å²) in [5, 5.41) is 16.7. The highest BCUT2D eigenvalue weighted by atomic mass is 32.1. The van der Waals surface area contributed by atoms with Crippen LogP contribution < -0.4 is 10.4 Å². The minimum Gasteiger partial charge on any atom is -0.474 e. The van der Waals surface area contributed by atoms with E-state index < -0.39 is 23.5 Å². The van der Waals surface area contributed by atoms with Crippen molar-refractivity contribution in [2.24, 2.45) is 0 Å². The summed E-state index contributed by atoms with van der Waals surface area (Å²) in [5.41, 5.74) is 9.49. The van der Waals surface area contributed by atoms with Gasteiger partial charge in [-0.15, -0.1) is 11.3 Å². The summed E-state index contributed by atoms with van der Waals surface area (Å²) in [6.07, 6.45) is -4.51. The van der Waals surface area contributed by atoms with Crippen molar-refractivity contribution in [1.82, 2.24) is 10.3 Å². The summed E-state index contributed by atoms with van der Waals surface area (Å²) in [6.45, 7) is 1.91. The van der Waals surface area contributed by atoms with Crippen molar-refractivity contribution < 1.29 is 32.3 Å². The fraction of sp³-hybridized carbons (Fsp3) is 0.0588. The lowest BCUT2D eigenvalue weighted by Crippen LogP contribution is -2.38. The molecule has 0 aliphatic rings. The molecule has 11 heteroatoms. The Kier molecular flexibility index (Phi) is 6.63. The Labute approximate surface area is 257 Å². The van der Waals surface area contributed by atoms with Crippen LogP contribution in [0, 0.1) is 6.92 Å². The predicted octanol–water partition coefficient (Wildman–Crippen LogP) is 7.89. The zero-order valence-corrected chi connectivity index (χ0v) is 24.3. The lowest BCUT2D eigenvalue weighted by atomic mass is 9.96. The number of thiophene rings is 1. The van der Waals surface area contributed by atoms with Crippen LogP contribution >= 0.6 is 11.3 Å². The number of hydrogen-bond donors (Lipinski definition) is 2. The van der Waals surface area contributed by atoms with Crippen LogP contribution in [0.25, 0.3) is 49.1 Å². The third-order valence-electron chi connectivity index (χ3n) is 7.61. The van der Waals surface area contributed by atoms with Crippen LogP contribution in [0.2, 0.25) is 0 Å². The average Bonchev–Trinajstić information content (AvgIpc) is 3.59. The van der Waals surface area contributed by atoms with Crippen molar-refractivity contribution in [3.63, 3.8) is 0 Å². The SMILES string of the molecule is Cc1ccc(-[n+]2noc(O)c2C(=O)c2sc3nc(-c4cccc5ccccc45)cc(-c4ccc(C(F)(F)F)cc4)c3c2N)cc1. The maximum Gasteiger partial charge on any atom is 0.416 e. The number of nitrogens with zero attached hydrogens (tertiary/aromatic N) is 3. The zero-order valence-electron chi connectivity index (χ0n) is 23.5. The number of pyridine rings is 1. The van der Waals surface area contributed by atoms with Gasteiger partial charge in [0.1, 0.15) is 9.71 Å². The molecule has 0 unspecified atom stereocenters. The van der Waals surface area contributed by atoms with Crippen molar-refractivity contribution in [2.75, 3.05) is 5.73 Å². The van der Waals surface area contributed by atoms with Gasteiger partial charge in [-0.1, -0.05) is 72.3 Å². The number of fused-ring (bicyclic) bond motifs is 2. The Bertz CT molecular complexity index is 2250. The number of rotatable bonds is 5. The minimum atomic E-state index is -4.51. The third-order valence-corrected chi connectivity index (χ3v) is 8.71. The fourth-order valence-electron chi connectivity index (χ4n) is 5.36. The fourth-order valence-corrected chi connectivity index (χ4v) is 6.42. The number of nitrogens with two attached hydrogens (primary N) is 1. The number of nitrogen functional groups attached to an aromatic ring is 1. The van der Waals surface area contributed by atoms with Gasteiger partial charge in [-0.2, -0.15) is 13.2 Å². The van der Waals surface area contributed by atoms with E-state index in [2.05, 4.69) is 5.27 Å². The van der Waals surface area contributed by atoms with E-state index >= 15 is 0 Å². The standard InChI is InChI=1S/C34H21F3N4O3S/c1-18-9-15-22(16-10-18)41-29(33(43)44-40-41)30(42)31-28(38)27-25(20-11-13-21(14-12-20)34(35,36)37)17-26(39-32(27)45-31)24-8-4-6-19-5-2-3-7-23(19)24/h2-17H,1H3,(H2-,38,40,42,43)/p+1. The molecule has 0 saturated heterocycles. The first-order chi connectivity index (χ1) is 21.6. The summed E-state index contributed by atoms with van der Waals surface area (Å²) in [7, 11) is 0.